The van der Waals surface area contributed by atoms with Crippen molar-refractivity contribution in [2.24, 2.45) is 17.4 Å². The van der Waals surface area contributed by atoms with E-state index in [2.05, 4.69) is 32.9 Å². The first-order valence-electron chi connectivity index (χ1n) is 5.01. The van der Waals surface area contributed by atoms with Crippen LogP contribution in [0.2, 0.25) is 0 Å². The minimum atomic E-state index is -0.233. The topological polar surface area (TPSA) is 52.0 Å². The molecule has 0 fully saturated rings. The Labute approximate surface area is 80.7 Å². The Morgan fingerprint density at radius 2 is 2.08 bits per heavy atom. The fourth-order valence-corrected chi connectivity index (χ4v) is 1.81. The molecule has 2 atom stereocenters. The number of rotatable bonds is 2. The lowest BCUT2D eigenvalue weighted by atomic mass is 9.76. The minimum Gasteiger partial charge on any atom is -0.402 e. The van der Waals surface area contributed by atoms with E-state index >= 15 is 0 Å². The van der Waals surface area contributed by atoms with Crippen molar-refractivity contribution in [2.75, 3.05) is 0 Å². The first-order chi connectivity index (χ1) is 6.05. The van der Waals surface area contributed by atoms with Crippen molar-refractivity contribution in [2.45, 2.75) is 39.2 Å². The summed E-state index contributed by atoms with van der Waals surface area (Å²) >= 11 is 0. The second kappa shape index (κ2) is 3.54. The highest BCUT2D eigenvalue weighted by atomic mass is 14.8. The normalized spacial score (nSPS) is 34.0. The number of hydrogen-bond acceptors (Lipinski definition) is 2. The standard InChI is InChI=1S/C11H20N2/c1-4-9-6-7-11(13,5-2)8(3)10(9)12/h6-8H,4-5,12-13H2,1-3H3. The van der Waals surface area contributed by atoms with Gasteiger partial charge >= 0.3 is 0 Å². The maximum atomic E-state index is 6.21. The average molecular weight is 180 g/mol. The molecule has 0 aromatic heterocycles. The fourth-order valence-electron chi connectivity index (χ4n) is 1.81. The van der Waals surface area contributed by atoms with Crippen LogP contribution in [0.25, 0.3) is 0 Å². The maximum Gasteiger partial charge on any atom is 0.0420 e. The number of allylic oxidation sites excluding steroid dienone is 2. The van der Waals surface area contributed by atoms with E-state index in [1.165, 1.54) is 5.57 Å². The van der Waals surface area contributed by atoms with Gasteiger partial charge in [0.25, 0.3) is 0 Å². The molecule has 0 aromatic rings. The van der Waals surface area contributed by atoms with E-state index in [4.69, 9.17) is 11.5 Å². The fraction of sp³-hybridized carbons (Fsp3) is 0.636. The van der Waals surface area contributed by atoms with Crippen molar-refractivity contribution in [3.05, 3.63) is 23.4 Å². The molecule has 0 bridgehead atoms. The zero-order valence-electron chi connectivity index (χ0n) is 8.80. The second-order valence-electron chi connectivity index (χ2n) is 3.86. The van der Waals surface area contributed by atoms with Gasteiger partial charge in [-0.3, -0.25) is 0 Å². The Morgan fingerprint density at radius 1 is 1.46 bits per heavy atom. The lowest BCUT2D eigenvalue weighted by Crippen LogP contribution is -2.47. The van der Waals surface area contributed by atoms with Gasteiger partial charge in [-0.15, -0.1) is 0 Å². The van der Waals surface area contributed by atoms with Crippen molar-refractivity contribution < 1.29 is 0 Å². The van der Waals surface area contributed by atoms with Crippen LogP contribution in [0.5, 0.6) is 0 Å². The van der Waals surface area contributed by atoms with Gasteiger partial charge in [0.15, 0.2) is 0 Å². The summed E-state index contributed by atoms with van der Waals surface area (Å²) in [5.41, 5.74) is 14.2. The smallest absolute Gasteiger partial charge is 0.0420 e. The average Bonchev–Trinajstić information content (AvgIpc) is 2.15. The molecule has 0 heterocycles. The summed E-state index contributed by atoms with van der Waals surface area (Å²) in [6, 6.07) is 0. The van der Waals surface area contributed by atoms with Crippen LogP contribution in [0, 0.1) is 5.92 Å². The van der Waals surface area contributed by atoms with E-state index in [9.17, 15) is 0 Å². The molecule has 1 rings (SSSR count). The first-order valence-corrected chi connectivity index (χ1v) is 5.01. The van der Waals surface area contributed by atoms with Gasteiger partial charge in [-0.2, -0.15) is 0 Å². The molecule has 0 aromatic carbocycles. The summed E-state index contributed by atoms with van der Waals surface area (Å²) in [5, 5.41) is 0. The lowest BCUT2D eigenvalue weighted by molar-refractivity contribution is 0.380. The molecule has 0 saturated carbocycles. The van der Waals surface area contributed by atoms with Crippen molar-refractivity contribution in [1.29, 1.82) is 0 Å². The maximum absolute atomic E-state index is 6.21. The van der Waals surface area contributed by atoms with Crippen LogP contribution < -0.4 is 11.5 Å². The van der Waals surface area contributed by atoms with Gasteiger partial charge in [0.05, 0.1) is 0 Å². The molecule has 1 aliphatic carbocycles. The van der Waals surface area contributed by atoms with E-state index in [1.807, 2.05) is 0 Å². The van der Waals surface area contributed by atoms with Gasteiger partial charge in [-0.05, 0) is 18.4 Å². The van der Waals surface area contributed by atoms with Gasteiger partial charge in [0.1, 0.15) is 0 Å². The van der Waals surface area contributed by atoms with Gasteiger partial charge in [0, 0.05) is 17.2 Å². The molecule has 1 aliphatic rings. The SMILES string of the molecule is CCC1=C(N)C(C)C(N)(CC)C=C1. The van der Waals surface area contributed by atoms with Crippen LogP contribution in [0.4, 0.5) is 0 Å². The molecule has 13 heavy (non-hydrogen) atoms. The monoisotopic (exact) mass is 180 g/mol. The van der Waals surface area contributed by atoms with Crippen molar-refractivity contribution >= 4 is 0 Å². The Kier molecular flexibility index (Phi) is 2.81. The van der Waals surface area contributed by atoms with Crippen LogP contribution in [-0.4, -0.2) is 5.54 Å². The molecular formula is C11H20N2. The van der Waals surface area contributed by atoms with Gasteiger partial charge in [0.2, 0.25) is 0 Å². The van der Waals surface area contributed by atoms with Crippen LogP contribution >= 0.6 is 0 Å². The molecule has 2 heteroatoms. The van der Waals surface area contributed by atoms with E-state index in [-0.39, 0.29) is 11.5 Å². The van der Waals surface area contributed by atoms with E-state index < -0.39 is 0 Å². The van der Waals surface area contributed by atoms with E-state index in [0.717, 1.165) is 18.5 Å². The van der Waals surface area contributed by atoms with Crippen LogP contribution in [0.1, 0.15) is 33.6 Å². The molecule has 2 unspecified atom stereocenters. The highest BCUT2D eigenvalue weighted by Gasteiger charge is 2.32. The lowest BCUT2D eigenvalue weighted by Gasteiger charge is -2.36. The predicted octanol–water partition coefficient (Wildman–Crippen LogP) is 1.92. The summed E-state index contributed by atoms with van der Waals surface area (Å²) in [6.45, 7) is 6.33. The van der Waals surface area contributed by atoms with E-state index in [1.54, 1.807) is 0 Å². The predicted molar refractivity (Wildman–Crippen MR) is 57.0 cm³/mol. The highest BCUT2D eigenvalue weighted by Crippen LogP contribution is 2.31. The quantitative estimate of drug-likeness (QED) is 0.682. The Balaban J connectivity index is 2.99. The van der Waals surface area contributed by atoms with E-state index in [0.29, 0.717) is 0 Å². The molecule has 0 radical (unpaired) electrons. The Bertz CT molecular complexity index is 253. The zero-order chi connectivity index (χ0) is 10.1. The van der Waals surface area contributed by atoms with Crippen molar-refractivity contribution in [1.82, 2.24) is 0 Å². The summed E-state index contributed by atoms with van der Waals surface area (Å²) < 4.78 is 0. The summed E-state index contributed by atoms with van der Waals surface area (Å²) in [6.07, 6.45) is 6.11. The number of hydrogen-bond donors (Lipinski definition) is 2. The second-order valence-corrected chi connectivity index (χ2v) is 3.86. The summed E-state index contributed by atoms with van der Waals surface area (Å²) in [7, 11) is 0. The molecule has 0 saturated heterocycles. The third-order valence-electron chi connectivity index (χ3n) is 3.23. The highest BCUT2D eigenvalue weighted by molar-refractivity contribution is 5.35. The Hall–Kier alpha value is -0.760. The summed E-state index contributed by atoms with van der Waals surface area (Å²) in [5.74, 6) is 0.262. The first kappa shape index (κ1) is 10.3. The zero-order valence-corrected chi connectivity index (χ0v) is 8.80. The molecule has 0 amide bonds. The third-order valence-corrected chi connectivity index (χ3v) is 3.23. The largest absolute Gasteiger partial charge is 0.402 e. The van der Waals surface area contributed by atoms with Gasteiger partial charge in [-0.25, -0.2) is 0 Å². The van der Waals surface area contributed by atoms with Gasteiger partial charge < -0.3 is 11.5 Å². The third kappa shape index (κ3) is 1.63. The summed E-state index contributed by atoms with van der Waals surface area (Å²) in [4.78, 5) is 0. The van der Waals surface area contributed by atoms with Crippen LogP contribution in [0.3, 0.4) is 0 Å². The van der Waals surface area contributed by atoms with Gasteiger partial charge in [-0.1, -0.05) is 32.9 Å². The van der Waals surface area contributed by atoms with Crippen LogP contribution in [-0.2, 0) is 0 Å². The molecular weight excluding hydrogens is 160 g/mol. The molecule has 0 spiro atoms. The molecule has 74 valence electrons. The van der Waals surface area contributed by atoms with Crippen LogP contribution in [0.15, 0.2) is 23.4 Å². The molecule has 4 N–H and O–H groups in total. The molecule has 0 aliphatic heterocycles. The number of nitrogens with two attached hydrogens (primary N) is 2. The minimum absolute atomic E-state index is 0.233. The molecule has 2 nitrogen and oxygen atoms in total. The van der Waals surface area contributed by atoms with Crippen molar-refractivity contribution in [3.8, 4) is 0 Å². The van der Waals surface area contributed by atoms with Crippen molar-refractivity contribution in [3.63, 3.8) is 0 Å². The Morgan fingerprint density at radius 3 is 2.54 bits per heavy atom.